The molecule has 3 atom stereocenters. The summed E-state index contributed by atoms with van der Waals surface area (Å²) in [5.41, 5.74) is 0. The molecule has 0 N–H and O–H groups in total. The van der Waals surface area contributed by atoms with E-state index in [-0.39, 0.29) is 0 Å². The van der Waals surface area contributed by atoms with E-state index >= 15 is 0 Å². The van der Waals surface area contributed by atoms with Crippen LogP contribution in [-0.2, 0) is 0 Å². The van der Waals surface area contributed by atoms with Crippen molar-refractivity contribution in [1.29, 1.82) is 0 Å². The van der Waals surface area contributed by atoms with Gasteiger partial charge in [0, 0.05) is 5.25 Å². The van der Waals surface area contributed by atoms with E-state index in [4.69, 9.17) is 0 Å². The van der Waals surface area contributed by atoms with Crippen molar-refractivity contribution >= 4 is 12.6 Å². The lowest BCUT2D eigenvalue weighted by Gasteiger charge is -2.08. The number of rotatable bonds is 0. The maximum absolute atomic E-state index is 4.45. The summed E-state index contributed by atoms with van der Waals surface area (Å²) in [5.74, 6) is 1.71. The molecule has 2 bridgehead atoms. The molecule has 8 heavy (non-hydrogen) atoms. The Morgan fingerprint density at radius 2 is 2.12 bits per heavy atom. The van der Waals surface area contributed by atoms with E-state index in [2.05, 4.69) is 24.8 Å². The fourth-order valence-corrected chi connectivity index (χ4v) is 2.24. The van der Waals surface area contributed by atoms with Crippen LogP contribution in [0.5, 0.6) is 0 Å². The molecule has 2 rings (SSSR count). The third-order valence-corrected chi connectivity index (χ3v) is 2.84. The number of thiol groups is 1. The molecule has 0 aromatic rings. The van der Waals surface area contributed by atoms with Crippen molar-refractivity contribution in [2.45, 2.75) is 18.1 Å². The summed E-state index contributed by atoms with van der Waals surface area (Å²) >= 11 is 4.45. The van der Waals surface area contributed by atoms with Crippen molar-refractivity contribution in [2.75, 3.05) is 0 Å². The molecular formula is C7H10S. The van der Waals surface area contributed by atoms with Crippen molar-refractivity contribution < 1.29 is 0 Å². The van der Waals surface area contributed by atoms with Gasteiger partial charge in [-0.3, -0.25) is 0 Å². The lowest BCUT2D eigenvalue weighted by molar-refractivity contribution is 0.692. The number of hydrogen-bond donors (Lipinski definition) is 1. The van der Waals surface area contributed by atoms with Crippen LogP contribution in [0.4, 0.5) is 0 Å². The van der Waals surface area contributed by atoms with Gasteiger partial charge in [-0.1, -0.05) is 12.2 Å². The Labute approximate surface area is 55.4 Å². The maximum Gasteiger partial charge on any atom is 0.00854 e. The molecule has 0 spiro atoms. The first kappa shape index (κ1) is 4.92. The van der Waals surface area contributed by atoms with Crippen molar-refractivity contribution in [2.24, 2.45) is 11.8 Å². The molecule has 0 aromatic heterocycles. The molecule has 0 heterocycles. The Hall–Kier alpha value is 0.0900. The van der Waals surface area contributed by atoms with Gasteiger partial charge in [0.05, 0.1) is 0 Å². The highest BCUT2D eigenvalue weighted by Gasteiger charge is 2.32. The van der Waals surface area contributed by atoms with Crippen molar-refractivity contribution in [3.05, 3.63) is 12.2 Å². The van der Waals surface area contributed by atoms with Gasteiger partial charge in [-0.25, -0.2) is 0 Å². The van der Waals surface area contributed by atoms with Crippen LogP contribution in [0.1, 0.15) is 12.8 Å². The summed E-state index contributed by atoms with van der Waals surface area (Å²) < 4.78 is 0. The third-order valence-electron chi connectivity index (χ3n) is 2.24. The highest BCUT2D eigenvalue weighted by Crippen LogP contribution is 2.41. The summed E-state index contributed by atoms with van der Waals surface area (Å²) in [6, 6.07) is 0. The molecule has 1 fully saturated rings. The van der Waals surface area contributed by atoms with Gasteiger partial charge in [0.15, 0.2) is 0 Å². The fourth-order valence-electron chi connectivity index (χ4n) is 1.75. The third kappa shape index (κ3) is 0.540. The summed E-state index contributed by atoms with van der Waals surface area (Å²) in [6.07, 6.45) is 7.38. The molecule has 0 amide bonds. The Balaban J connectivity index is 2.23. The highest BCUT2D eigenvalue weighted by molar-refractivity contribution is 7.81. The van der Waals surface area contributed by atoms with Gasteiger partial charge in [-0.05, 0) is 24.7 Å². The van der Waals surface area contributed by atoms with Gasteiger partial charge in [0.1, 0.15) is 0 Å². The lowest BCUT2D eigenvalue weighted by atomic mass is 10.1. The monoisotopic (exact) mass is 126 g/mol. The molecule has 1 heteroatoms. The van der Waals surface area contributed by atoms with Gasteiger partial charge >= 0.3 is 0 Å². The van der Waals surface area contributed by atoms with Crippen molar-refractivity contribution in [3.8, 4) is 0 Å². The molecule has 2 aliphatic carbocycles. The van der Waals surface area contributed by atoms with Gasteiger partial charge in [0.25, 0.3) is 0 Å². The minimum Gasteiger partial charge on any atom is -0.175 e. The molecule has 0 aliphatic heterocycles. The number of allylic oxidation sites excluding steroid dienone is 2. The molecule has 1 saturated carbocycles. The average molecular weight is 126 g/mol. The Morgan fingerprint density at radius 1 is 1.25 bits per heavy atom. The molecule has 2 aliphatic rings. The second-order valence-electron chi connectivity index (χ2n) is 2.85. The smallest absolute Gasteiger partial charge is 0.00854 e. The Bertz CT molecular complexity index is 128. The minimum absolute atomic E-state index is 0.685. The van der Waals surface area contributed by atoms with Crippen molar-refractivity contribution in [1.82, 2.24) is 0 Å². The van der Waals surface area contributed by atoms with Crippen LogP contribution in [0, 0.1) is 11.8 Å². The first-order valence-electron chi connectivity index (χ1n) is 3.22. The van der Waals surface area contributed by atoms with Gasteiger partial charge in [-0.15, -0.1) is 0 Å². The normalized spacial score (nSPS) is 50.9. The van der Waals surface area contributed by atoms with Crippen LogP contribution < -0.4 is 0 Å². The number of hydrogen-bond acceptors (Lipinski definition) is 1. The zero-order valence-electron chi connectivity index (χ0n) is 4.75. The van der Waals surface area contributed by atoms with E-state index in [0.717, 1.165) is 11.8 Å². The summed E-state index contributed by atoms with van der Waals surface area (Å²) in [7, 11) is 0. The topological polar surface area (TPSA) is 0 Å². The molecule has 1 unspecified atom stereocenters. The minimum atomic E-state index is 0.685. The second-order valence-corrected chi connectivity index (χ2v) is 3.51. The molecule has 0 nitrogen and oxygen atoms in total. The second kappa shape index (κ2) is 1.53. The highest BCUT2D eigenvalue weighted by atomic mass is 32.1. The van der Waals surface area contributed by atoms with E-state index in [1.165, 1.54) is 12.8 Å². The molecule has 0 saturated heterocycles. The van der Waals surface area contributed by atoms with Crippen LogP contribution in [0.3, 0.4) is 0 Å². The van der Waals surface area contributed by atoms with Crippen LogP contribution >= 0.6 is 12.6 Å². The standard InChI is InChI=1S/C7H10S/c8-7-4-5-1-2-6(7)3-5/h1-2,5-8H,3-4H2/t5-,6+,7?/m1/s1. The zero-order chi connectivity index (χ0) is 5.56. The molecule has 44 valence electrons. The van der Waals surface area contributed by atoms with E-state index in [1.54, 1.807) is 0 Å². The predicted octanol–water partition coefficient (Wildman–Crippen LogP) is 1.88. The largest absolute Gasteiger partial charge is 0.175 e. The summed E-state index contributed by atoms with van der Waals surface area (Å²) in [6.45, 7) is 0. The Kier molecular flexibility index (Phi) is 0.944. The van der Waals surface area contributed by atoms with Crippen LogP contribution in [-0.4, -0.2) is 5.25 Å². The van der Waals surface area contributed by atoms with E-state index in [1.807, 2.05) is 0 Å². The molecule has 0 aromatic carbocycles. The first-order valence-corrected chi connectivity index (χ1v) is 3.74. The van der Waals surface area contributed by atoms with Gasteiger partial charge < -0.3 is 0 Å². The average Bonchev–Trinajstić information content (AvgIpc) is 2.23. The molecule has 0 radical (unpaired) electrons. The summed E-state index contributed by atoms with van der Waals surface area (Å²) in [4.78, 5) is 0. The van der Waals surface area contributed by atoms with Crippen LogP contribution in [0.25, 0.3) is 0 Å². The quantitative estimate of drug-likeness (QED) is 0.372. The fraction of sp³-hybridized carbons (Fsp3) is 0.714. The van der Waals surface area contributed by atoms with E-state index in [9.17, 15) is 0 Å². The van der Waals surface area contributed by atoms with Crippen LogP contribution in [0.15, 0.2) is 12.2 Å². The summed E-state index contributed by atoms with van der Waals surface area (Å²) in [5, 5.41) is 0.685. The van der Waals surface area contributed by atoms with Gasteiger partial charge in [-0.2, -0.15) is 12.6 Å². The van der Waals surface area contributed by atoms with E-state index < -0.39 is 0 Å². The predicted molar refractivity (Wildman–Crippen MR) is 38.1 cm³/mol. The molecular weight excluding hydrogens is 116 g/mol. The Morgan fingerprint density at radius 3 is 2.38 bits per heavy atom. The first-order chi connectivity index (χ1) is 3.86. The lowest BCUT2D eigenvalue weighted by Crippen LogP contribution is -2.04. The van der Waals surface area contributed by atoms with Gasteiger partial charge in [0.2, 0.25) is 0 Å². The van der Waals surface area contributed by atoms with Crippen LogP contribution in [0.2, 0.25) is 0 Å². The maximum atomic E-state index is 4.45. The SMILES string of the molecule is SC1C[C@@H]2C=C[C@H]1C2. The number of fused-ring (bicyclic) bond motifs is 2. The van der Waals surface area contributed by atoms with E-state index in [0.29, 0.717) is 5.25 Å². The zero-order valence-corrected chi connectivity index (χ0v) is 5.64. The van der Waals surface area contributed by atoms with Crippen molar-refractivity contribution in [3.63, 3.8) is 0 Å².